The number of fused-ring (bicyclic) bond motifs is 3. The zero-order chi connectivity index (χ0) is 8.84. The minimum absolute atomic E-state index is 0.285. The lowest BCUT2D eigenvalue weighted by atomic mass is 10.5. The Morgan fingerprint density at radius 2 is 2.54 bits per heavy atom. The summed E-state index contributed by atoms with van der Waals surface area (Å²) < 4.78 is 2.05. The third-order valence-electron chi connectivity index (χ3n) is 2.10. The number of aromatic amines is 1. The largest absolute Gasteiger partial charge is 0.340 e. The Balaban J connectivity index is 2.55. The molecule has 0 spiro atoms. The van der Waals surface area contributed by atoms with Crippen molar-refractivity contribution in [1.29, 1.82) is 5.41 Å². The number of imidazole rings is 1. The number of nitrogens with one attached hydrogen (secondary N) is 2. The molecule has 1 aliphatic rings. The lowest BCUT2D eigenvalue weighted by Crippen LogP contribution is -2.13. The van der Waals surface area contributed by atoms with Gasteiger partial charge < -0.3 is 9.55 Å². The number of aryl methyl sites for hydroxylation is 1. The van der Waals surface area contributed by atoms with Gasteiger partial charge >= 0.3 is 0 Å². The van der Waals surface area contributed by atoms with Gasteiger partial charge in [-0.15, -0.1) is 0 Å². The summed E-state index contributed by atoms with van der Waals surface area (Å²) in [6, 6.07) is 0. The van der Waals surface area contributed by atoms with Crippen LogP contribution in [0, 0.1) is 5.41 Å². The summed E-state index contributed by atoms with van der Waals surface area (Å²) >= 11 is 1.68. The Morgan fingerprint density at radius 3 is 3.46 bits per heavy atom. The number of rotatable bonds is 0. The van der Waals surface area contributed by atoms with Gasteiger partial charge in [-0.3, -0.25) is 5.41 Å². The minimum Gasteiger partial charge on any atom is -0.340 e. The molecule has 0 amide bonds. The number of aromatic nitrogens is 4. The molecule has 0 aromatic carbocycles. The fourth-order valence-electron chi connectivity index (χ4n) is 1.51. The molecule has 2 N–H and O–H groups in total. The third-order valence-corrected chi connectivity index (χ3v) is 3.05. The van der Waals surface area contributed by atoms with Crippen LogP contribution in [0.1, 0.15) is 0 Å². The molecular formula is C7H7N5S. The summed E-state index contributed by atoms with van der Waals surface area (Å²) in [6.07, 6.45) is 1.61. The normalized spacial score (nSPS) is 15.1. The van der Waals surface area contributed by atoms with Gasteiger partial charge in [-0.2, -0.15) is 0 Å². The highest BCUT2D eigenvalue weighted by molar-refractivity contribution is 7.99. The number of hydrogen-bond donors (Lipinski definition) is 2. The summed E-state index contributed by atoms with van der Waals surface area (Å²) in [6.45, 7) is 0.939. The van der Waals surface area contributed by atoms with E-state index in [1.807, 2.05) is 0 Å². The van der Waals surface area contributed by atoms with Gasteiger partial charge in [0.15, 0.2) is 16.3 Å². The van der Waals surface area contributed by atoms with Crippen LogP contribution in [-0.4, -0.2) is 25.3 Å². The van der Waals surface area contributed by atoms with Crippen LogP contribution >= 0.6 is 11.8 Å². The van der Waals surface area contributed by atoms with Gasteiger partial charge in [0.25, 0.3) is 0 Å². The van der Waals surface area contributed by atoms with Crippen molar-refractivity contribution in [2.24, 2.45) is 0 Å². The molecule has 2 aromatic heterocycles. The van der Waals surface area contributed by atoms with Crippen LogP contribution in [0.5, 0.6) is 0 Å². The van der Waals surface area contributed by atoms with Crippen LogP contribution in [0.2, 0.25) is 0 Å². The van der Waals surface area contributed by atoms with E-state index in [2.05, 4.69) is 19.5 Å². The first-order valence-electron chi connectivity index (χ1n) is 3.97. The lowest BCUT2D eigenvalue weighted by molar-refractivity contribution is 0.696. The second-order valence-corrected chi connectivity index (χ2v) is 3.91. The molecule has 0 aliphatic carbocycles. The topological polar surface area (TPSA) is 70.3 Å². The van der Waals surface area contributed by atoms with Crippen molar-refractivity contribution in [3.63, 3.8) is 0 Å². The monoisotopic (exact) mass is 193 g/mol. The maximum atomic E-state index is 7.64. The molecule has 0 radical (unpaired) electrons. The summed E-state index contributed by atoms with van der Waals surface area (Å²) in [5, 5.41) is 8.55. The molecule has 5 nitrogen and oxygen atoms in total. The quantitative estimate of drug-likeness (QED) is 0.593. The van der Waals surface area contributed by atoms with Gasteiger partial charge in [-0.1, -0.05) is 11.8 Å². The molecule has 13 heavy (non-hydrogen) atoms. The molecule has 6 heteroatoms. The van der Waals surface area contributed by atoms with Crippen LogP contribution in [-0.2, 0) is 6.54 Å². The minimum atomic E-state index is 0.285. The van der Waals surface area contributed by atoms with Gasteiger partial charge in [-0.25, -0.2) is 9.97 Å². The van der Waals surface area contributed by atoms with Crippen LogP contribution in [0.3, 0.4) is 0 Å². The maximum Gasteiger partial charge on any atom is 0.175 e. The first-order valence-corrected chi connectivity index (χ1v) is 4.96. The van der Waals surface area contributed by atoms with Crippen molar-refractivity contribution < 1.29 is 0 Å². The number of H-pyrrole nitrogens is 1. The van der Waals surface area contributed by atoms with E-state index in [-0.39, 0.29) is 5.49 Å². The third kappa shape index (κ3) is 0.859. The van der Waals surface area contributed by atoms with Crippen LogP contribution in [0.25, 0.3) is 11.2 Å². The molecule has 0 bridgehead atoms. The van der Waals surface area contributed by atoms with Crippen molar-refractivity contribution in [3.05, 3.63) is 11.8 Å². The Kier molecular flexibility index (Phi) is 1.29. The Hall–Kier alpha value is -1.30. The predicted octanol–water partition coefficient (Wildman–Crippen LogP) is 0.345. The molecular weight excluding hydrogens is 186 g/mol. The van der Waals surface area contributed by atoms with Gasteiger partial charge in [0.1, 0.15) is 5.52 Å². The Bertz CT molecular complexity index is 525. The molecule has 3 rings (SSSR count). The van der Waals surface area contributed by atoms with Gasteiger partial charge in [-0.05, 0) is 0 Å². The summed E-state index contributed by atoms with van der Waals surface area (Å²) in [7, 11) is 0. The molecule has 0 fully saturated rings. The van der Waals surface area contributed by atoms with E-state index in [0.29, 0.717) is 0 Å². The van der Waals surface area contributed by atoms with Crippen molar-refractivity contribution in [3.8, 4) is 0 Å². The Morgan fingerprint density at radius 1 is 1.62 bits per heavy atom. The van der Waals surface area contributed by atoms with Gasteiger partial charge in [0, 0.05) is 12.3 Å². The van der Waals surface area contributed by atoms with E-state index in [4.69, 9.17) is 5.41 Å². The Labute approximate surface area is 77.7 Å². The fraction of sp³-hybridized carbons (Fsp3) is 0.286. The van der Waals surface area contributed by atoms with Crippen LogP contribution < -0.4 is 5.49 Å². The molecule has 0 saturated heterocycles. The maximum absolute atomic E-state index is 7.64. The summed E-state index contributed by atoms with van der Waals surface area (Å²) in [5.74, 6) is 1.03. The van der Waals surface area contributed by atoms with E-state index in [0.717, 1.165) is 28.6 Å². The number of hydrogen-bond acceptors (Lipinski definition) is 4. The average molecular weight is 193 g/mol. The van der Waals surface area contributed by atoms with E-state index in [1.54, 1.807) is 18.1 Å². The molecule has 0 atom stereocenters. The molecule has 3 heterocycles. The predicted molar refractivity (Wildman–Crippen MR) is 48.5 cm³/mol. The highest BCUT2D eigenvalue weighted by Gasteiger charge is 2.16. The SMILES string of the molecule is N=c1nc2n(c3nc[nH]c13)CCS2. The first-order chi connectivity index (χ1) is 6.36. The summed E-state index contributed by atoms with van der Waals surface area (Å²) in [5.41, 5.74) is 1.86. The smallest absolute Gasteiger partial charge is 0.175 e. The van der Waals surface area contributed by atoms with Crippen molar-refractivity contribution in [2.75, 3.05) is 5.75 Å². The molecule has 66 valence electrons. The number of nitrogens with zero attached hydrogens (tertiary/aromatic N) is 3. The summed E-state index contributed by atoms with van der Waals surface area (Å²) in [4.78, 5) is 11.3. The average Bonchev–Trinajstić information content (AvgIpc) is 2.66. The van der Waals surface area contributed by atoms with Crippen LogP contribution in [0.15, 0.2) is 11.5 Å². The zero-order valence-corrected chi connectivity index (χ0v) is 7.56. The van der Waals surface area contributed by atoms with E-state index >= 15 is 0 Å². The van der Waals surface area contributed by atoms with E-state index in [9.17, 15) is 0 Å². The molecule has 2 aromatic rings. The molecule has 0 saturated carbocycles. The lowest BCUT2D eigenvalue weighted by Gasteiger charge is -2.01. The van der Waals surface area contributed by atoms with Crippen molar-refractivity contribution in [2.45, 2.75) is 11.7 Å². The highest BCUT2D eigenvalue weighted by atomic mass is 32.2. The second kappa shape index (κ2) is 2.35. The van der Waals surface area contributed by atoms with E-state index < -0.39 is 0 Å². The zero-order valence-electron chi connectivity index (χ0n) is 6.74. The van der Waals surface area contributed by atoms with Crippen molar-refractivity contribution in [1.82, 2.24) is 19.5 Å². The first kappa shape index (κ1) is 7.14. The van der Waals surface area contributed by atoms with E-state index in [1.165, 1.54) is 0 Å². The standard InChI is InChI=1S/C7H7N5S/c8-5-4-6(10-3-9-4)12-1-2-13-7(12)11-5/h3,8H,1-2H2,(H,9,10). The highest BCUT2D eigenvalue weighted by Crippen LogP contribution is 2.24. The fourth-order valence-corrected chi connectivity index (χ4v) is 2.45. The number of thioether (sulfide) groups is 1. The van der Waals surface area contributed by atoms with Crippen molar-refractivity contribution >= 4 is 22.9 Å². The van der Waals surface area contributed by atoms with Gasteiger partial charge in [0.2, 0.25) is 0 Å². The van der Waals surface area contributed by atoms with Gasteiger partial charge in [0.05, 0.1) is 6.33 Å². The van der Waals surface area contributed by atoms with Crippen LogP contribution in [0.4, 0.5) is 0 Å². The molecule has 0 unspecified atom stereocenters. The molecule has 1 aliphatic heterocycles. The second-order valence-electron chi connectivity index (χ2n) is 2.84.